The number of halogens is 1. The molecule has 2 saturated carbocycles. The van der Waals surface area contributed by atoms with Gasteiger partial charge in [-0.15, -0.1) is 0 Å². The average molecular weight is 471 g/mol. The summed E-state index contributed by atoms with van der Waals surface area (Å²) in [6, 6.07) is 8.04. The summed E-state index contributed by atoms with van der Waals surface area (Å²) >= 11 is 6.21. The number of aromatic nitrogens is 4. The standard InChI is InChI=1S/C28H27ClN4O/c1-27-11-9-19(34)13-17(27)5-8-20-22(27)10-12-28(2)23(20)14-21-24(16-3-6-18(29)7-4-16)33-26(30-15-31-33)32-25(21)28/h3-4,6-7,9,11,13,15,20,22-23H,5,8,10,12,14H2,1-2H3/t20-,22+,23+,27+,28+/m1/s1. The minimum absolute atomic E-state index is 0.00446. The maximum Gasteiger partial charge on any atom is 0.252 e. The zero-order chi connectivity index (χ0) is 23.2. The second-order valence-corrected chi connectivity index (χ2v) is 11.5. The first-order valence-electron chi connectivity index (χ1n) is 12.3. The van der Waals surface area contributed by atoms with Crippen LogP contribution in [0.15, 0.2) is 54.4 Å². The van der Waals surface area contributed by atoms with Gasteiger partial charge in [0.1, 0.15) is 6.33 Å². The predicted molar refractivity (Wildman–Crippen MR) is 132 cm³/mol. The number of allylic oxidation sites excluding steroid dienone is 4. The number of hydrogen-bond donors (Lipinski definition) is 0. The summed E-state index contributed by atoms with van der Waals surface area (Å²) in [5.74, 6) is 2.50. The van der Waals surface area contributed by atoms with Gasteiger partial charge in [0.15, 0.2) is 5.78 Å². The molecule has 2 heterocycles. The molecule has 0 radical (unpaired) electrons. The highest BCUT2D eigenvalue weighted by Gasteiger charge is 2.58. The summed E-state index contributed by atoms with van der Waals surface area (Å²) in [5.41, 5.74) is 6.09. The third-order valence-electron chi connectivity index (χ3n) is 9.55. The molecule has 4 aliphatic carbocycles. The smallest absolute Gasteiger partial charge is 0.252 e. The molecule has 0 aliphatic heterocycles. The van der Waals surface area contributed by atoms with E-state index in [-0.39, 0.29) is 16.6 Å². The van der Waals surface area contributed by atoms with Crippen molar-refractivity contribution in [3.63, 3.8) is 0 Å². The first kappa shape index (κ1) is 20.6. The van der Waals surface area contributed by atoms with Crippen LogP contribution in [-0.2, 0) is 16.6 Å². The highest BCUT2D eigenvalue weighted by molar-refractivity contribution is 6.30. The van der Waals surface area contributed by atoms with Gasteiger partial charge in [0.25, 0.3) is 5.78 Å². The number of fused-ring (bicyclic) bond motifs is 8. The Bertz CT molecular complexity index is 1420. The number of hydrogen-bond acceptors (Lipinski definition) is 4. The average Bonchev–Trinajstić information content (AvgIpc) is 3.41. The highest BCUT2D eigenvalue weighted by Crippen LogP contribution is 2.64. The van der Waals surface area contributed by atoms with Crippen LogP contribution < -0.4 is 0 Å². The lowest BCUT2D eigenvalue weighted by Gasteiger charge is -2.56. The molecule has 3 aromatic rings. The Labute approximate surface area is 204 Å². The zero-order valence-corrected chi connectivity index (χ0v) is 20.2. The van der Waals surface area contributed by atoms with E-state index in [0.717, 1.165) is 48.4 Å². The summed E-state index contributed by atoms with van der Waals surface area (Å²) in [5, 5.41) is 5.28. The van der Waals surface area contributed by atoms with Crippen LogP contribution >= 0.6 is 11.6 Å². The van der Waals surface area contributed by atoms with Crippen LogP contribution in [0.2, 0.25) is 5.02 Å². The number of nitrogens with zero attached hydrogens (tertiary/aromatic N) is 4. The van der Waals surface area contributed by atoms with Gasteiger partial charge in [-0.3, -0.25) is 4.79 Å². The van der Waals surface area contributed by atoms with E-state index in [1.54, 1.807) is 12.4 Å². The number of carbonyl (C=O) groups excluding carboxylic acids is 1. The van der Waals surface area contributed by atoms with Gasteiger partial charge in [0.2, 0.25) is 0 Å². The molecule has 172 valence electrons. The molecule has 0 bridgehead atoms. The van der Waals surface area contributed by atoms with Crippen LogP contribution in [0.5, 0.6) is 0 Å². The molecule has 5 atom stereocenters. The molecular formula is C28H27ClN4O. The van der Waals surface area contributed by atoms with Crippen LogP contribution in [0, 0.1) is 23.2 Å². The molecule has 7 rings (SSSR count). The van der Waals surface area contributed by atoms with Crippen molar-refractivity contribution in [1.82, 2.24) is 19.6 Å². The molecule has 6 heteroatoms. The Hall–Kier alpha value is -2.79. The fourth-order valence-electron chi connectivity index (χ4n) is 7.86. The van der Waals surface area contributed by atoms with Gasteiger partial charge in [-0.05, 0) is 74.1 Å². The van der Waals surface area contributed by atoms with Gasteiger partial charge in [0, 0.05) is 27.0 Å². The molecule has 0 saturated heterocycles. The van der Waals surface area contributed by atoms with Crippen molar-refractivity contribution in [2.45, 2.75) is 51.4 Å². The molecular weight excluding hydrogens is 444 g/mol. The summed E-state index contributed by atoms with van der Waals surface area (Å²) in [6.07, 6.45) is 12.9. The first-order valence-corrected chi connectivity index (χ1v) is 12.7. The largest absolute Gasteiger partial charge is 0.290 e. The van der Waals surface area contributed by atoms with Crippen molar-refractivity contribution in [1.29, 1.82) is 0 Å². The van der Waals surface area contributed by atoms with Crippen LogP contribution in [0.3, 0.4) is 0 Å². The van der Waals surface area contributed by atoms with Crippen molar-refractivity contribution in [2.75, 3.05) is 0 Å². The van der Waals surface area contributed by atoms with E-state index in [0.29, 0.717) is 23.5 Å². The second kappa shape index (κ2) is 6.88. The fourth-order valence-corrected chi connectivity index (χ4v) is 7.98. The van der Waals surface area contributed by atoms with E-state index in [4.69, 9.17) is 16.6 Å². The number of ketones is 1. The topological polar surface area (TPSA) is 60.2 Å². The molecule has 0 amide bonds. The lowest BCUT2D eigenvalue weighted by atomic mass is 9.48. The zero-order valence-electron chi connectivity index (χ0n) is 19.5. The molecule has 2 fully saturated rings. The summed E-state index contributed by atoms with van der Waals surface area (Å²) in [6.45, 7) is 4.79. The Kier molecular flexibility index (Phi) is 4.16. The monoisotopic (exact) mass is 470 g/mol. The van der Waals surface area contributed by atoms with Crippen LogP contribution in [0.4, 0.5) is 0 Å². The van der Waals surface area contributed by atoms with Crippen molar-refractivity contribution in [2.24, 2.45) is 23.2 Å². The van der Waals surface area contributed by atoms with Crippen LogP contribution in [-0.4, -0.2) is 25.4 Å². The molecule has 0 spiro atoms. The van der Waals surface area contributed by atoms with Crippen molar-refractivity contribution >= 4 is 23.2 Å². The number of rotatable bonds is 1. The lowest BCUT2D eigenvalue weighted by molar-refractivity contribution is -0.111. The highest BCUT2D eigenvalue weighted by atomic mass is 35.5. The third-order valence-corrected chi connectivity index (χ3v) is 9.81. The lowest BCUT2D eigenvalue weighted by Crippen LogP contribution is -2.50. The minimum Gasteiger partial charge on any atom is -0.290 e. The van der Waals surface area contributed by atoms with E-state index < -0.39 is 0 Å². The number of carbonyl (C=O) groups is 1. The third kappa shape index (κ3) is 2.62. The van der Waals surface area contributed by atoms with E-state index in [2.05, 4.69) is 42.1 Å². The van der Waals surface area contributed by atoms with E-state index >= 15 is 0 Å². The van der Waals surface area contributed by atoms with Gasteiger partial charge < -0.3 is 0 Å². The van der Waals surface area contributed by atoms with Crippen molar-refractivity contribution in [3.8, 4) is 11.3 Å². The van der Waals surface area contributed by atoms with Gasteiger partial charge >= 0.3 is 0 Å². The molecule has 34 heavy (non-hydrogen) atoms. The quantitative estimate of drug-likeness (QED) is 0.453. The second-order valence-electron chi connectivity index (χ2n) is 11.0. The summed E-state index contributed by atoms with van der Waals surface area (Å²) < 4.78 is 1.90. The normalized spacial score (nSPS) is 33.8. The summed E-state index contributed by atoms with van der Waals surface area (Å²) in [4.78, 5) is 21.7. The Morgan fingerprint density at radius 3 is 2.76 bits per heavy atom. The molecule has 4 aliphatic rings. The van der Waals surface area contributed by atoms with E-state index in [9.17, 15) is 4.79 Å². The SMILES string of the molecule is C[C@]12C=CC(=O)C=C1CC[C@@H]1[C@@H]2CC[C@]2(C)c3nc4ncnn4c(-c4ccc(Cl)cc4)c3C[C@@H]12. The Morgan fingerprint density at radius 2 is 1.94 bits per heavy atom. The molecule has 0 N–H and O–H groups in total. The van der Waals surface area contributed by atoms with Crippen LogP contribution in [0.1, 0.15) is 50.8 Å². The molecule has 0 unspecified atom stereocenters. The summed E-state index contributed by atoms with van der Waals surface area (Å²) in [7, 11) is 0. The Balaban J connectivity index is 1.37. The van der Waals surface area contributed by atoms with E-state index in [1.807, 2.05) is 22.7 Å². The maximum absolute atomic E-state index is 12.1. The van der Waals surface area contributed by atoms with Crippen molar-refractivity contribution < 1.29 is 4.79 Å². The predicted octanol–water partition coefficient (Wildman–Crippen LogP) is 5.77. The molecule has 5 nitrogen and oxygen atoms in total. The number of benzene rings is 1. The van der Waals surface area contributed by atoms with E-state index in [1.165, 1.54) is 16.8 Å². The van der Waals surface area contributed by atoms with Gasteiger partial charge in [-0.1, -0.05) is 49.2 Å². The molecule has 2 aromatic heterocycles. The maximum atomic E-state index is 12.1. The van der Waals surface area contributed by atoms with Crippen LogP contribution in [0.25, 0.3) is 17.0 Å². The Morgan fingerprint density at radius 1 is 1.12 bits per heavy atom. The fraction of sp³-hybridized carbons (Fsp3) is 0.429. The van der Waals surface area contributed by atoms with Gasteiger partial charge in [0.05, 0.1) is 11.4 Å². The first-order chi connectivity index (χ1) is 16.4. The van der Waals surface area contributed by atoms with Gasteiger partial charge in [-0.2, -0.15) is 14.6 Å². The molecule has 1 aromatic carbocycles. The van der Waals surface area contributed by atoms with Gasteiger partial charge in [-0.25, -0.2) is 4.98 Å². The minimum atomic E-state index is -0.00446. The van der Waals surface area contributed by atoms with Crippen molar-refractivity contribution in [3.05, 3.63) is 70.7 Å².